The maximum Gasteiger partial charge on any atom is 0.240 e. The zero-order valence-electron chi connectivity index (χ0n) is 9.34. The molecular formula is C10H14N2O4S. The molecule has 0 saturated heterocycles. The molecule has 7 heteroatoms. The van der Waals surface area contributed by atoms with Gasteiger partial charge in [0.25, 0.3) is 0 Å². The van der Waals surface area contributed by atoms with Crippen molar-refractivity contribution in [3.05, 3.63) is 24.3 Å². The van der Waals surface area contributed by atoms with Crippen LogP contribution < -0.4 is 15.2 Å². The van der Waals surface area contributed by atoms with Gasteiger partial charge in [0.2, 0.25) is 15.9 Å². The first-order valence-corrected chi connectivity index (χ1v) is 6.36. The second-order valence-corrected chi connectivity index (χ2v) is 5.06. The van der Waals surface area contributed by atoms with Crippen LogP contribution in [0.5, 0.6) is 5.75 Å². The fraction of sp³-hybridized carbons (Fsp3) is 0.300. The van der Waals surface area contributed by atoms with E-state index in [1.54, 1.807) is 12.1 Å². The molecular weight excluding hydrogens is 244 g/mol. The first kappa shape index (κ1) is 13.5. The minimum Gasteiger partial charge on any atom is -0.497 e. The predicted molar refractivity (Wildman–Crippen MR) is 62.0 cm³/mol. The molecule has 0 fully saturated rings. The minimum absolute atomic E-state index is 0.0102. The number of primary amides is 1. The van der Waals surface area contributed by atoms with Gasteiger partial charge in [0.1, 0.15) is 5.75 Å². The van der Waals surface area contributed by atoms with Gasteiger partial charge in [-0.25, -0.2) is 13.1 Å². The Kier molecular flexibility index (Phi) is 4.47. The number of ether oxygens (including phenoxy) is 1. The molecule has 0 aliphatic heterocycles. The molecule has 6 nitrogen and oxygen atoms in total. The average molecular weight is 258 g/mol. The lowest BCUT2D eigenvalue weighted by atomic mass is 10.3. The first-order chi connectivity index (χ1) is 7.95. The number of sulfonamides is 1. The third kappa shape index (κ3) is 4.04. The van der Waals surface area contributed by atoms with E-state index >= 15 is 0 Å². The van der Waals surface area contributed by atoms with Gasteiger partial charge in [0.15, 0.2) is 0 Å². The zero-order chi connectivity index (χ0) is 12.9. The summed E-state index contributed by atoms with van der Waals surface area (Å²) in [5.41, 5.74) is 4.91. The number of hydrogen-bond acceptors (Lipinski definition) is 4. The summed E-state index contributed by atoms with van der Waals surface area (Å²) in [5, 5.41) is 0. The summed E-state index contributed by atoms with van der Waals surface area (Å²) in [6, 6.07) is 5.93. The van der Waals surface area contributed by atoms with E-state index in [4.69, 9.17) is 10.5 Å². The fourth-order valence-electron chi connectivity index (χ4n) is 1.15. The van der Waals surface area contributed by atoms with E-state index in [2.05, 4.69) is 4.72 Å². The summed E-state index contributed by atoms with van der Waals surface area (Å²) in [5.74, 6) is 0.0171. The van der Waals surface area contributed by atoms with Crippen LogP contribution in [0.3, 0.4) is 0 Å². The normalized spacial score (nSPS) is 11.1. The summed E-state index contributed by atoms with van der Waals surface area (Å²) in [6.45, 7) is -0.0102. The van der Waals surface area contributed by atoms with Crippen LogP contribution in [0.25, 0.3) is 0 Å². The van der Waals surface area contributed by atoms with Crippen LogP contribution in [0.15, 0.2) is 29.2 Å². The lowest BCUT2D eigenvalue weighted by Crippen LogP contribution is -2.28. The number of carbonyl (C=O) groups is 1. The molecule has 0 heterocycles. The molecule has 0 unspecified atom stereocenters. The van der Waals surface area contributed by atoms with Gasteiger partial charge in [0.05, 0.1) is 12.0 Å². The molecule has 1 aromatic carbocycles. The number of rotatable bonds is 6. The van der Waals surface area contributed by atoms with E-state index in [1.165, 1.54) is 19.2 Å². The van der Waals surface area contributed by atoms with E-state index in [-0.39, 0.29) is 17.9 Å². The number of nitrogens with two attached hydrogens (primary N) is 1. The third-order valence-electron chi connectivity index (χ3n) is 2.03. The van der Waals surface area contributed by atoms with Gasteiger partial charge in [-0.2, -0.15) is 0 Å². The molecule has 0 saturated carbocycles. The highest BCUT2D eigenvalue weighted by Crippen LogP contribution is 2.14. The minimum atomic E-state index is -3.59. The van der Waals surface area contributed by atoms with Crippen LogP contribution in [-0.4, -0.2) is 28.0 Å². The second kappa shape index (κ2) is 5.65. The van der Waals surface area contributed by atoms with Gasteiger partial charge in [-0.3, -0.25) is 4.79 Å². The molecule has 17 heavy (non-hydrogen) atoms. The Morgan fingerprint density at radius 3 is 2.41 bits per heavy atom. The Hall–Kier alpha value is -1.60. The molecule has 1 rings (SSSR count). The number of carbonyl (C=O) groups excluding carboxylic acids is 1. The zero-order valence-corrected chi connectivity index (χ0v) is 10.2. The van der Waals surface area contributed by atoms with Crippen LogP contribution >= 0.6 is 0 Å². The fourth-order valence-corrected chi connectivity index (χ4v) is 2.18. The van der Waals surface area contributed by atoms with Crippen molar-refractivity contribution in [3.63, 3.8) is 0 Å². The van der Waals surface area contributed by atoms with Crippen LogP contribution in [0, 0.1) is 0 Å². The van der Waals surface area contributed by atoms with Crippen LogP contribution in [0.2, 0.25) is 0 Å². The third-order valence-corrected chi connectivity index (χ3v) is 3.51. The number of amides is 1. The molecule has 1 amide bonds. The van der Waals surface area contributed by atoms with Crippen molar-refractivity contribution in [1.82, 2.24) is 4.72 Å². The van der Waals surface area contributed by atoms with Crippen LogP contribution in [-0.2, 0) is 14.8 Å². The van der Waals surface area contributed by atoms with Crippen LogP contribution in [0.1, 0.15) is 6.42 Å². The van der Waals surface area contributed by atoms with Gasteiger partial charge in [-0.1, -0.05) is 0 Å². The summed E-state index contributed by atoms with van der Waals surface area (Å²) >= 11 is 0. The molecule has 1 aromatic rings. The van der Waals surface area contributed by atoms with Gasteiger partial charge >= 0.3 is 0 Å². The summed E-state index contributed by atoms with van der Waals surface area (Å²) in [4.78, 5) is 10.6. The Morgan fingerprint density at radius 2 is 1.94 bits per heavy atom. The van der Waals surface area contributed by atoms with Crippen molar-refractivity contribution in [2.75, 3.05) is 13.7 Å². The monoisotopic (exact) mass is 258 g/mol. The molecule has 94 valence electrons. The van der Waals surface area contributed by atoms with Gasteiger partial charge in [-0.05, 0) is 24.3 Å². The number of methoxy groups -OCH3 is 1. The van der Waals surface area contributed by atoms with Gasteiger partial charge in [0, 0.05) is 13.0 Å². The smallest absolute Gasteiger partial charge is 0.240 e. The van der Waals surface area contributed by atoms with E-state index in [1.807, 2.05) is 0 Å². The highest BCUT2D eigenvalue weighted by Gasteiger charge is 2.13. The highest BCUT2D eigenvalue weighted by molar-refractivity contribution is 7.89. The van der Waals surface area contributed by atoms with Crippen molar-refractivity contribution in [2.24, 2.45) is 5.73 Å². The van der Waals surface area contributed by atoms with Crippen molar-refractivity contribution in [2.45, 2.75) is 11.3 Å². The van der Waals surface area contributed by atoms with E-state index < -0.39 is 15.9 Å². The molecule has 0 aromatic heterocycles. The molecule has 0 bridgehead atoms. The van der Waals surface area contributed by atoms with Crippen molar-refractivity contribution >= 4 is 15.9 Å². The Morgan fingerprint density at radius 1 is 1.35 bits per heavy atom. The van der Waals surface area contributed by atoms with E-state index in [0.717, 1.165) is 0 Å². The molecule has 0 aliphatic rings. The maximum absolute atomic E-state index is 11.7. The summed E-state index contributed by atoms with van der Waals surface area (Å²) in [7, 11) is -2.10. The maximum atomic E-state index is 11.7. The van der Waals surface area contributed by atoms with Gasteiger partial charge < -0.3 is 10.5 Å². The quantitative estimate of drug-likeness (QED) is 0.741. The standard InChI is InChI=1S/C10H14N2O4S/c1-16-8-2-4-9(5-3-8)17(14,15)12-7-6-10(11)13/h2-5,12H,6-7H2,1H3,(H2,11,13). The molecule has 0 aliphatic carbocycles. The summed E-state index contributed by atoms with van der Waals surface area (Å²) in [6.07, 6.45) is -0.0324. The van der Waals surface area contributed by atoms with Gasteiger partial charge in [-0.15, -0.1) is 0 Å². The van der Waals surface area contributed by atoms with E-state index in [0.29, 0.717) is 5.75 Å². The highest BCUT2D eigenvalue weighted by atomic mass is 32.2. The molecule has 0 atom stereocenters. The predicted octanol–water partition coefficient (Wildman–Crippen LogP) is -0.151. The van der Waals surface area contributed by atoms with Crippen LogP contribution in [0.4, 0.5) is 0 Å². The first-order valence-electron chi connectivity index (χ1n) is 4.88. The molecule has 0 spiro atoms. The average Bonchev–Trinajstić information content (AvgIpc) is 2.28. The number of nitrogens with one attached hydrogen (secondary N) is 1. The topological polar surface area (TPSA) is 98.5 Å². The van der Waals surface area contributed by atoms with Crippen molar-refractivity contribution in [1.29, 1.82) is 0 Å². The SMILES string of the molecule is COc1ccc(S(=O)(=O)NCCC(N)=O)cc1. The van der Waals surface area contributed by atoms with Crippen molar-refractivity contribution < 1.29 is 17.9 Å². The lowest BCUT2D eigenvalue weighted by Gasteiger charge is -2.06. The Balaban J connectivity index is 2.72. The molecule has 0 radical (unpaired) electrons. The Bertz CT molecular complexity index is 482. The van der Waals surface area contributed by atoms with Crippen molar-refractivity contribution in [3.8, 4) is 5.75 Å². The lowest BCUT2D eigenvalue weighted by molar-refractivity contribution is -0.117. The molecule has 3 N–H and O–H groups in total. The number of hydrogen-bond donors (Lipinski definition) is 2. The summed E-state index contributed by atoms with van der Waals surface area (Å²) < 4.78 is 30.6. The largest absolute Gasteiger partial charge is 0.497 e. The Labute approximate surface area is 99.8 Å². The van der Waals surface area contributed by atoms with E-state index in [9.17, 15) is 13.2 Å². The second-order valence-electron chi connectivity index (χ2n) is 3.29. The number of benzene rings is 1.